The third-order valence-corrected chi connectivity index (χ3v) is 7.62. The molecule has 4 unspecified atom stereocenters. The molecule has 1 aromatic rings. The van der Waals surface area contributed by atoms with E-state index in [2.05, 4.69) is 18.3 Å². The molecule has 168 valence electrons. The van der Waals surface area contributed by atoms with Gasteiger partial charge in [-0.15, -0.1) is 0 Å². The number of nitrogens with one attached hydrogen (secondary N) is 1. The van der Waals surface area contributed by atoms with Crippen LogP contribution >= 0.6 is 0 Å². The Bertz CT molecular complexity index is 1020. The van der Waals surface area contributed by atoms with Crippen molar-refractivity contribution in [2.45, 2.75) is 63.5 Å². The molecule has 3 aliphatic heterocycles. The second kappa shape index (κ2) is 8.05. The molecule has 0 radical (unpaired) electrons. The average Bonchev–Trinajstić information content (AvgIpc) is 3.46. The summed E-state index contributed by atoms with van der Waals surface area (Å²) < 4.78 is 0. The van der Waals surface area contributed by atoms with Crippen molar-refractivity contribution in [1.29, 1.82) is 5.26 Å². The molecule has 2 fully saturated rings. The molecule has 1 aromatic carbocycles. The van der Waals surface area contributed by atoms with Crippen LogP contribution in [0.25, 0.3) is 0 Å². The van der Waals surface area contributed by atoms with Crippen LogP contribution in [0, 0.1) is 16.7 Å². The molecule has 8 heteroatoms. The molecule has 0 aliphatic carbocycles. The summed E-state index contributed by atoms with van der Waals surface area (Å²) in [7, 11) is 0. The van der Waals surface area contributed by atoms with Crippen molar-refractivity contribution < 1.29 is 19.2 Å². The van der Waals surface area contributed by atoms with Crippen LogP contribution in [0.5, 0.6) is 0 Å². The van der Waals surface area contributed by atoms with Crippen molar-refractivity contribution in [3.8, 4) is 6.07 Å². The zero-order valence-corrected chi connectivity index (χ0v) is 18.5. The molecule has 4 rings (SSSR count). The van der Waals surface area contributed by atoms with Gasteiger partial charge in [0.2, 0.25) is 18.1 Å². The Hall–Kier alpha value is -3.21. The first-order chi connectivity index (χ1) is 15.3. The van der Waals surface area contributed by atoms with E-state index < -0.39 is 23.4 Å². The van der Waals surface area contributed by atoms with Gasteiger partial charge >= 0.3 is 0 Å². The van der Waals surface area contributed by atoms with E-state index in [1.807, 2.05) is 31.2 Å². The molecular formula is C24H28N4O4. The maximum Gasteiger partial charge on any atom is 0.287 e. The van der Waals surface area contributed by atoms with Crippen molar-refractivity contribution in [2.75, 3.05) is 18.4 Å². The van der Waals surface area contributed by atoms with Crippen LogP contribution in [0.15, 0.2) is 24.3 Å². The number of likely N-dealkylation sites (tertiary alicyclic amines) is 2. The van der Waals surface area contributed by atoms with E-state index in [9.17, 15) is 24.4 Å². The second-order valence-corrected chi connectivity index (χ2v) is 9.30. The monoisotopic (exact) mass is 436 g/mol. The predicted molar refractivity (Wildman–Crippen MR) is 116 cm³/mol. The number of anilines is 1. The lowest BCUT2D eigenvalue weighted by Crippen LogP contribution is -2.50. The van der Waals surface area contributed by atoms with E-state index in [0.29, 0.717) is 18.7 Å². The lowest BCUT2D eigenvalue weighted by Gasteiger charge is -2.29. The third kappa shape index (κ3) is 3.19. The van der Waals surface area contributed by atoms with Crippen molar-refractivity contribution in [3.05, 3.63) is 29.8 Å². The first-order valence-electron chi connectivity index (χ1n) is 11.2. The summed E-state index contributed by atoms with van der Waals surface area (Å²) in [4.78, 5) is 53.3. The van der Waals surface area contributed by atoms with E-state index in [-0.39, 0.29) is 36.5 Å². The highest BCUT2D eigenvalue weighted by Crippen LogP contribution is 2.48. The summed E-state index contributed by atoms with van der Waals surface area (Å²) in [5, 5.41) is 12.7. The van der Waals surface area contributed by atoms with Gasteiger partial charge in [0.15, 0.2) is 0 Å². The Morgan fingerprint density at radius 3 is 2.62 bits per heavy atom. The molecule has 1 spiro atoms. The molecule has 4 atom stereocenters. The van der Waals surface area contributed by atoms with Crippen molar-refractivity contribution in [3.63, 3.8) is 0 Å². The van der Waals surface area contributed by atoms with Crippen molar-refractivity contribution in [1.82, 2.24) is 9.80 Å². The maximum atomic E-state index is 13.7. The minimum Gasteiger partial charge on any atom is -0.325 e. The highest BCUT2D eigenvalue weighted by atomic mass is 16.2. The Balaban J connectivity index is 1.67. The molecule has 0 aromatic heterocycles. The second-order valence-electron chi connectivity index (χ2n) is 9.30. The number of nitriles is 1. The lowest BCUT2D eigenvalue weighted by molar-refractivity contribution is -0.146. The Kier molecular flexibility index (Phi) is 5.53. The number of fused-ring (bicyclic) bond motifs is 2. The molecular weight excluding hydrogens is 408 g/mol. The number of carbonyl (C=O) groups is 4. The Morgan fingerprint density at radius 2 is 1.97 bits per heavy atom. The zero-order chi connectivity index (χ0) is 23.1. The first-order valence-corrected chi connectivity index (χ1v) is 11.2. The summed E-state index contributed by atoms with van der Waals surface area (Å²) in [5.41, 5.74) is 0.289. The number of nitrogens with zero attached hydrogens (tertiary/aromatic N) is 3. The van der Waals surface area contributed by atoms with Gasteiger partial charge < -0.3 is 15.1 Å². The summed E-state index contributed by atoms with van der Waals surface area (Å²) >= 11 is 0. The number of amides is 3. The van der Waals surface area contributed by atoms with Gasteiger partial charge in [0, 0.05) is 25.2 Å². The summed E-state index contributed by atoms with van der Waals surface area (Å²) in [6.07, 6.45) is 3.46. The first kappa shape index (κ1) is 22.0. The summed E-state index contributed by atoms with van der Waals surface area (Å²) in [5.74, 6) is -1.27. The number of benzene rings is 1. The summed E-state index contributed by atoms with van der Waals surface area (Å²) in [6, 6.07) is 7.95. The van der Waals surface area contributed by atoms with Gasteiger partial charge in [-0.2, -0.15) is 5.26 Å². The predicted octanol–water partition coefficient (Wildman–Crippen LogP) is 2.00. The van der Waals surface area contributed by atoms with Gasteiger partial charge in [-0.1, -0.05) is 38.5 Å². The quantitative estimate of drug-likeness (QED) is 0.561. The Morgan fingerprint density at radius 1 is 1.22 bits per heavy atom. The van der Waals surface area contributed by atoms with Crippen molar-refractivity contribution in [2.24, 2.45) is 5.41 Å². The van der Waals surface area contributed by atoms with E-state index in [4.69, 9.17) is 0 Å². The highest BCUT2D eigenvalue weighted by Gasteiger charge is 2.58. The number of hydrogen-bond acceptors (Lipinski definition) is 5. The van der Waals surface area contributed by atoms with Crippen molar-refractivity contribution >= 4 is 29.7 Å². The van der Waals surface area contributed by atoms with Gasteiger partial charge in [-0.25, -0.2) is 0 Å². The van der Waals surface area contributed by atoms with E-state index in [1.165, 1.54) is 9.80 Å². The van der Waals surface area contributed by atoms with Gasteiger partial charge in [0.25, 0.3) is 5.91 Å². The molecule has 3 heterocycles. The maximum absolute atomic E-state index is 13.7. The molecule has 3 amide bonds. The molecule has 8 nitrogen and oxygen atoms in total. The Labute approximate surface area is 187 Å². The van der Waals surface area contributed by atoms with Crippen LogP contribution in [0.4, 0.5) is 5.69 Å². The van der Waals surface area contributed by atoms with Gasteiger partial charge in [-0.3, -0.25) is 19.2 Å². The fraction of sp³-hybridized carbons (Fsp3) is 0.542. The van der Waals surface area contributed by atoms with Crippen LogP contribution in [-0.2, 0) is 24.6 Å². The highest BCUT2D eigenvalue weighted by molar-refractivity contribution is 6.24. The molecule has 0 bridgehead atoms. The molecule has 0 saturated carbocycles. The van der Waals surface area contributed by atoms with Crippen LogP contribution in [0.2, 0.25) is 0 Å². The number of aldehydes is 1. The molecule has 32 heavy (non-hydrogen) atoms. The van der Waals surface area contributed by atoms with E-state index in [1.54, 1.807) is 0 Å². The van der Waals surface area contributed by atoms with E-state index >= 15 is 0 Å². The van der Waals surface area contributed by atoms with Crippen LogP contribution in [0.3, 0.4) is 0 Å². The minimum atomic E-state index is -0.976. The fourth-order valence-corrected chi connectivity index (χ4v) is 5.90. The van der Waals surface area contributed by atoms with E-state index in [0.717, 1.165) is 24.8 Å². The molecule has 2 saturated heterocycles. The number of para-hydroxylation sites is 1. The SMILES string of the molecule is CCCC1(CC)CC(C(=O)N2CC3(CC2C#N)C(=O)Nc2ccccc23)N(C(=O)C=O)C1. The lowest BCUT2D eigenvalue weighted by atomic mass is 9.78. The topological polar surface area (TPSA) is 111 Å². The average molecular weight is 437 g/mol. The fourth-order valence-electron chi connectivity index (χ4n) is 5.90. The smallest absolute Gasteiger partial charge is 0.287 e. The normalized spacial score (nSPS) is 30.8. The molecule has 3 aliphatic rings. The van der Waals surface area contributed by atoms with Crippen LogP contribution < -0.4 is 5.32 Å². The molecule has 1 N–H and O–H groups in total. The van der Waals surface area contributed by atoms with Crippen LogP contribution in [0.1, 0.15) is 51.5 Å². The zero-order valence-electron chi connectivity index (χ0n) is 18.5. The minimum absolute atomic E-state index is 0.0828. The van der Waals surface area contributed by atoms with Gasteiger partial charge in [0.05, 0.1) is 11.5 Å². The number of rotatable bonds is 5. The van der Waals surface area contributed by atoms with Gasteiger partial charge in [-0.05, 0) is 36.3 Å². The largest absolute Gasteiger partial charge is 0.325 e. The number of hydrogen-bond donors (Lipinski definition) is 1. The third-order valence-electron chi connectivity index (χ3n) is 7.62. The van der Waals surface area contributed by atoms with Gasteiger partial charge in [0.1, 0.15) is 12.1 Å². The summed E-state index contributed by atoms with van der Waals surface area (Å²) in [6.45, 7) is 4.53. The van der Waals surface area contributed by atoms with Crippen LogP contribution in [-0.4, -0.2) is 59.0 Å². The number of carbonyl (C=O) groups excluding carboxylic acids is 4. The standard InChI is InChI=1S/C24H28N4O4/c1-3-9-23(4-2)11-19(28(14-23)20(30)13-29)21(31)27-15-24(10-16(27)12-25)17-7-5-6-8-18(17)26-22(24)32/h5-8,13,16,19H,3-4,9-11,14-15H2,1-2H3,(H,26,32).